The predicted octanol–water partition coefficient (Wildman–Crippen LogP) is 5.43. The van der Waals surface area contributed by atoms with Crippen LogP contribution in [0.2, 0.25) is 0 Å². The van der Waals surface area contributed by atoms with Gasteiger partial charge in [0.25, 0.3) is 11.8 Å². The molecule has 7 heteroatoms. The summed E-state index contributed by atoms with van der Waals surface area (Å²) in [5, 5.41) is 13.5. The second kappa shape index (κ2) is 7.76. The van der Waals surface area contributed by atoms with E-state index in [0.29, 0.717) is 21.6 Å². The average molecular weight is 419 g/mol. The van der Waals surface area contributed by atoms with Gasteiger partial charge >= 0.3 is 0 Å². The first kappa shape index (κ1) is 19.8. The molecule has 3 N–H and O–H groups in total. The fourth-order valence-corrected chi connectivity index (χ4v) is 3.94. The second-order valence-corrected chi connectivity index (χ2v) is 9.08. The third-order valence-corrected chi connectivity index (χ3v) is 5.80. The number of carbonyl (C=O) groups excluding carboxylic acids is 2. The van der Waals surface area contributed by atoms with Crippen LogP contribution in [-0.2, 0) is 5.41 Å². The average Bonchev–Trinajstić information content (AvgIpc) is 3.30. The van der Waals surface area contributed by atoms with Crippen LogP contribution in [-0.4, -0.2) is 22.0 Å². The van der Waals surface area contributed by atoms with Gasteiger partial charge < -0.3 is 10.6 Å². The summed E-state index contributed by atoms with van der Waals surface area (Å²) in [4.78, 5) is 26.4. The zero-order chi connectivity index (χ0) is 21.3. The lowest BCUT2D eigenvalue weighted by atomic mass is 9.87. The van der Waals surface area contributed by atoms with E-state index in [1.165, 1.54) is 11.3 Å². The lowest BCUT2D eigenvalue weighted by molar-refractivity contribution is 0.102. The van der Waals surface area contributed by atoms with E-state index in [0.717, 1.165) is 16.1 Å². The summed E-state index contributed by atoms with van der Waals surface area (Å²) in [6, 6.07) is 18.6. The fourth-order valence-electron chi connectivity index (χ4n) is 3.04. The van der Waals surface area contributed by atoms with Gasteiger partial charge in [-0.15, -0.1) is 11.3 Å². The van der Waals surface area contributed by atoms with Crippen molar-refractivity contribution >= 4 is 44.9 Å². The number of amides is 2. The molecule has 0 aliphatic heterocycles. The summed E-state index contributed by atoms with van der Waals surface area (Å²) >= 11 is 1.29. The summed E-state index contributed by atoms with van der Waals surface area (Å²) in [7, 11) is 0. The first-order chi connectivity index (χ1) is 14.3. The quantitative estimate of drug-likeness (QED) is 0.413. The number of thiophene rings is 1. The first-order valence-corrected chi connectivity index (χ1v) is 10.4. The van der Waals surface area contributed by atoms with Crippen LogP contribution < -0.4 is 10.6 Å². The SMILES string of the molecule is CC(C)(C)c1ccc(C(=O)Nc2n[nH]c3sc(C(=O)Nc4ccccc4)cc23)cc1. The smallest absolute Gasteiger partial charge is 0.265 e. The number of H-pyrrole nitrogens is 1. The number of aromatic amines is 1. The van der Waals surface area contributed by atoms with Gasteiger partial charge in [-0.3, -0.25) is 14.7 Å². The van der Waals surface area contributed by atoms with Gasteiger partial charge in [-0.25, -0.2) is 0 Å². The van der Waals surface area contributed by atoms with Gasteiger partial charge in [-0.2, -0.15) is 5.10 Å². The van der Waals surface area contributed by atoms with Gasteiger partial charge in [-0.05, 0) is 41.3 Å². The Morgan fingerprint density at radius 2 is 1.63 bits per heavy atom. The minimum absolute atomic E-state index is 0.0246. The molecular weight excluding hydrogens is 396 g/mol. The highest BCUT2D eigenvalue weighted by atomic mass is 32.1. The summed E-state index contributed by atoms with van der Waals surface area (Å²) in [6.45, 7) is 6.39. The Labute approximate surface area is 178 Å². The number of hydrogen-bond donors (Lipinski definition) is 3. The van der Waals surface area contributed by atoms with Gasteiger partial charge in [0.2, 0.25) is 0 Å². The second-order valence-electron chi connectivity index (χ2n) is 8.03. The minimum atomic E-state index is -0.245. The lowest BCUT2D eigenvalue weighted by Crippen LogP contribution is -2.14. The normalized spacial score (nSPS) is 11.4. The molecule has 6 nitrogen and oxygen atoms in total. The molecule has 0 fully saturated rings. The maximum absolute atomic E-state index is 12.7. The van der Waals surface area contributed by atoms with Gasteiger partial charge in [0.05, 0.1) is 10.3 Å². The number of anilines is 2. The molecular formula is C23H22N4O2S. The Morgan fingerprint density at radius 3 is 2.30 bits per heavy atom. The van der Waals surface area contributed by atoms with Crippen LogP contribution in [0.5, 0.6) is 0 Å². The van der Waals surface area contributed by atoms with E-state index in [4.69, 9.17) is 0 Å². The Bertz CT molecular complexity index is 1200. The number of fused-ring (bicyclic) bond motifs is 1. The number of nitrogens with zero attached hydrogens (tertiary/aromatic N) is 1. The Balaban J connectivity index is 1.51. The molecule has 0 aliphatic carbocycles. The van der Waals surface area contributed by atoms with Crippen molar-refractivity contribution in [1.82, 2.24) is 10.2 Å². The molecule has 0 bridgehead atoms. The molecule has 4 rings (SSSR count). The van der Waals surface area contributed by atoms with Crippen LogP contribution >= 0.6 is 11.3 Å². The van der Waals surface area contributed by atoms with Crippen molar-refractivity contribution in [2.24, 2.45) is 0 Å². The maximum atomic E-state index is 12.7. The summed E-state index contributed by atoms with van der Waals surface area (Å²) in [5.41, 5.74) is 2.46. The summed E-state index contributed by atoms with van der Waals surface area (Å²) in [5.74, 6) is -0.0406. The van der Waals surface area contributed by atoms with Crippen molar-refractivity contribution in [1.29, 1.82) is 0 Å². The number of aromatic nitrogens is 2. The first-order valence-electron chi connectivity index (χ1n) is 9.57. The number of nitrogens with one attached hydrogen (secondary N) is 3. The highest BCUT2D eigenvalue weighted by Gasteiger charge is 2.18. The van der Waals surface area contributed by atoms with Crippen LogP contribution in [0.1, 0.15) is 46.4 Å². The standard InChI is InChI=1S/C23H22N4O2S/c1-23(2,3)15-11-9-14(10-12-15)20(28)25-19-17-13-18(30-22(17)27-26-19)21(29)24-16-7-5-4-6-8-16/h4-13H,1-3H3,(H,24,29)(H2,25,26,27,28). The molecule has 0 unspecified atom stereocenters. The molecule has 152 valence electrons. The van der Waals surface area contributed by atoms with E-state index in [-0.39, 0.29) is 17.2 Å². The van der Waals surface area contributed by atoms with Crippen LogP contribution in [0.3, 0.4) is 0 Å². The molecule has 4 aromatic rings. The number of benzene rings is 2. The Morgan fingerprint density at radius 1 is 0.933 bits per heavy atom. The van der Waals surface area contributed by atoms with E-state index >= 15 is 0 Å². The largest absolute Gasteiger partial charge is 0.321 e. The molecule has 30 heavy (non-hydrogen) atoms. The third kappa shape index (κ3) is 4.11. The summed E-state index contributed by atoms with van der Waals surface area (Å²) < 4.78 is 0. The highest BCUT2D eigenvalue weighted by molar-refractivity contribution is 7.20. The number of carbonyl (C=O) groups is 2. The molecule has 2 amide bonds. The monoisotopic (exact) mass is 418 g/mol. The lowest BCUT2D eigenvalue weighted by Gasteiger charge is -2.18. The molecule has 0 saturated carbocycles. The molecule has 2 aromatic heterocycles. The molecule has 0 aliphatic rings. The molecule has 0 atom stereocenters. The zero-order valence-corrected chi connectivity index (χ0v) is 17.8. The zero-order valence-electron chi connectivity index (χ0n) is 16.9. The van der Waals surface area contributed by atoms with E-state index in [1.807, 2.05) is 54.6 Å². The van der Waals surface area contributed by atoms with E-state index in [9.17, 15) is 9.59 Å². The van der Waals surface area contributed by atoms with E-state index < -0.39 is 0 Å². The Hall–Kier alpha value is -3.45. The maximum Gasteiger partial charge on any atom is 0.265 e. The van der Waals surface area contributed by atoms with Crippen LogP contribution in [0.25, 0.3) is 10.2 Å². The van der Waals surface area contributed by atoms with Crippen molar-refractivity contribution in [3.05, 3.63) is 76.7 Å². The predicted molar refractivity (Wildman–Crippen MR) is 121 cm³/mol. The number of rotatable bonds is 4. The number of hydrogen-bond acceptors (Lipinski definition) is 4. The van der Waals surface area contributed by atoms with Crippen LogP contribution in [0, 0.1) is 0 Å². The van der Waals surface area contributed by atoms with Gasteiger partial charge in [0.1, 0.15) is 4.83 Å². The van der Waals surface area contributed by atoms with E-state index in [1.54, 1.807) is 6.07 Å². The Kier molecular flexibility index (Phi) is 5.13. The van der Waals surface area contributed by atoms with Crippen molar-refractivity contribution in [3.63, 3.8) is 0 Å². The molecule has 2 heterocycles. The van der Waals surface area contributed by atoms with Crippen molar-refractivity contribution in [2.45, 2.75) is 26.2 Å². The van der Waals surface area contributed by atoms with Crippen LogP contribution in [0.15, 0.2) is 60.7 Å². The van der Waals surface area contributed by atoms with Gasteiger partial charge in [0.15, 0.2) is 5.82 Å². The molecule has 2 aromatic carbocycles. The van der Waals surface area contributed by atoms with Crippen molar-refractivity contribution in [3.8, 4) is 0 Å². The fraction of sp³-hybridized carbons (Fsp3) is 0.174. The third-order valence-electron chi connectivity index (χ3n) is 4.76. The topological polar surface area (TPSA) is 86.9 Å². The minimum Gasteiger partial charge on any atom is -0.321 e. The molecule has 0 spiro atoms. The number of para-hydroxylation sites is 1. The molecule has 0 saturated heterocycles. The van der Waals surface area contributed by atoms with Gasteiger partial charge in [-0.1, -0.05) is 51.1 Å². The van der Waals surface area contributed by atoms with Crippen molar-refractivity contribution < 1.29 is 9.59 Å². The van der Waals surface area contributed by atoms with Gasteiger partial charge in [0, 0.05) is 11.3 Å². The van der Waals surface area contributed by atoms with E-state index in [2.05, 4.69) is 41.6 Å². The van der Waals surface area contributed by atoms with Crippen LogP contribution in [0.4, 0.5) is 11.5 Å². The van der Waals surface area contributed by atoms with Crippen molar-refractivity contribution in [2.75, 3.05) is 10.6 Å². The highest BCUT2D eigenvalue weighted by Crippen LogP contribution is 2.30. The summed E-state index contributed by atoms with van der Waals surface area (Å²) in [6.07, 6.45) is 0. The molecule has 0 radical (unpaired) electrons.